The topological polar surface area (TPSA) is 79.3 Å². The summed E-state index contributed by atoms with van der Waals surface area (Å²) < 4.78 is 1.72. The van der Waals surface area contributed by atoms with E-state index in [-0.39, 0.29) is 0 Å². The van der Waals surface area contributed by atoms with Crippen LogP contribution in [0, 0.1) is 0 Å². The number of hydrazone groups is 1. The monoisotopic (exact) mass is 305 g/mol. The Bertz CT molecular complexity index is 922. The van der Waals surface area contributed by atoms with Crippen LogP contribution in [0.25, 0.3) is 5.65 Å². The minimum absolute atomic E-state index is 0.426. The zero-order valence-corrected chi connectivity index (χ0v) is 12.8. The molecule has 3 aromatic rings. The summed E-state index contributed by atoms with van der Waals surface area (Å²) in [7, 11) is 0. The average molecular weight is 305 g/mol. The van der Waals surface area contributed by atoms with Crippen LogP contribution >= 0.6 is 0 Å². The second-order valence-corrected chi connectivity index (χ2v) is 5.81. The van der Waals surface area contributed by atoms with Crippen molar-refractivity contribution in [1.29, 1.82) is 0 Å². The van der Waals surface area contributed by atoms with Crippen molar-refractivity contribution in [3.05, 3.63) is 53.9 Å². The first kappa shape index (κ1) is 13.6. The molecule has 4 rings (SSSR count). The number of azo groups is 1. The third-order valence-corrected chi connectivity index (χ3v) is 3.71. The van der Waals surface area contributed by atoms with Crippen molar-refractivity contribution in [1.82, 2.24) is 14.6 Å². The van der Waals surface area contributed by atoms with Crippen LogP contribution in [0.4, 0.5) is 11.5 Å². The molecular weight excluding hydrogens is 290 g/mol. The van der Waals surface area contributed by atoms with Gasteiger partial charge in [0, 0.05) is 12.4 Å². The zero-order chi connectivity index (χ0) is 15.9. The second kappa shape index (κ2) is 4.98. The van der Waals surface area contributed by atoms with E-state index in [2.05, 4.69) is 30.8 Å². The van der Waals surface area contributed by atoms with Crippen LogP contribution in [0.1, 0.15) is 25.0 Å². The highest BCUT2D eigenvalue weighted by molar-refractivity contribution is 5.81. The molecule has 7 nitrogen and oxygen atoms in total. The Hall–Kier alpha value is -3.09. The smallest absolute Gasteiger partial charge is 0.195 e. The van der Waals surface area contributed by atoms with Crippen molar-refractivity contribution in [2.24, 2.45) is 15.3 Å². The van der Waals surface area contributed by atoms with E-state index in [9.17, 15) is 0 Å². The van der Waals surface area contributed by atoms with Gasteiger partial charge in [0.1, 0.15) is 11.2 Å². The molecule has 0 amide bonds. The second-order valence-electron chi connectivity index (χ2n) is 5.81. The maximum Gasteiger partial charge on any atom is 0.195 e. The van der Waals surface area contributed by atoms with Crippen LogP contribution in [0.3, 0.4) is 0 Å². The summed E-state index contributed by atoms with van der Waals surface area (Å²) in [4.78, 5) is 4.37. The standard InChI is InChI=1S/C16H15N7/c1-16(2)12-13(19-22-16)14(21-23-9-8-17-15(12)23)20-18-10-11-6-4-3-5-7-11/h3-10H,1-2H3,(H,20,21)/b18-10+. The first-order valence-electron chi connectivity index (χ1n) is 7.30. The molecule has 2 aromatic heterocycles. The van der Waals surface area contributed by atoms with Crippen LogP contribution in [-0.2, 0) is 5.54 Å². The molecule has 0 radical (unpaired) electrons. The third kappa shape index (κ3) is 2.26. The Morgan fingerprint density at radius 1 is 1.22 bits per heavy atom. The van der Waals surface area contributed by atoms with Crippen molar-refractivity contribution < 1.29 is 0 Å². The van der Waals surface area contributed by atoms with Crippen molar-refractivity contribution in [2.75, 3.05) is 5.43 Å². The fraction of sp³-hybridized carbons (Fsp3) is 0.188. The molecule has 0 fully saturated rings. The van der Waals surface area contributed by atoms with Gasteiger partial charge in [-0.3, -0.25) is 5.43 Å². The van der Waals surface area contributed by atoms with Crippen LogP contribution in [-0.4, -0.2) is 20.8 Å². The highest BCUT2D eigenvalue weighted by Crippen LogP contribution is 2.45. The fourth-order valence-electron chi connectivity index (χ4n) is 2.60. The Morgan fingerprint density at radius 2 is 2.04 bits per heavy atom. The van der Waals surface area contributed by atoms with Gasteiger partial charge in [-0.1, -0.05) is 30.3 Å². The van der Waals surface area contributed by atoms with Crippen LogP contribution in [0.5, 0.6) is 0 Å². The number of nitrogens with zero attached hydrogens (tertiary/aromatic N) is 6. The van der Waals surface area contributed by atoms with E-state index in [4.69, 9.17) is 0 Å². The number of aromatic nitrogens is 3. The summed E-state index contributed by atoms with van der Waals surface area (Å²) in [5.74, 6) is 0.562. The Balaban J connectivity index is 1.74. The summed E-state index contributed by atoms with van der Waals surface area (Å²) >= 11 is 0. The van der Waals surface area contributed by atoms with Crippen LogP contribution < -0.4 is 5.43 Å². The molecule has 23 heavy (non-hydrogen) atoms. The number of benzene rings is 1. The van der Waals surface area contributed by atoms with E-state index >= 15 is 0 Å². The van der Waals surface area contributed by atoms with Gasteiger partial charge >= 0.3 is 0 Å². The molecule has 3 heterocycles. The zero-order valence-electron chi connectivity index (χ0n) is 12.8. The lowest BCUT2D eigenvalue weighted by molar-refractivity contribution is 0.556. The predicted molar refractivity (Wildman–Crippen MR) is 88.2 cm³/mol. The van der Waals surface area contributed by atoms with Gasteiger partial charge in [0.2, 0.25) is 0 Å². The van der Waals surface area contributed by atoms with Gasteiger partial charge in [-0.15, -0.1) is 5.10 Å². The first-order valence-corrected chi connectivity index (χ1v) is 7.30. The largest absolute Gasteiger partial charge is 0.258 e. The number of rotatable bonds is 3. The van der Waals surface area contributed by atoms with Crippen LogP contribution in [0.2, 0.25) is 0 Å². The summed E-state index contributed by atoms with van der Waals surface area (Å²) in [6.07, 6.45) is 5.26. The van der Waals surface area contributed by atoms with Crippen LogP contribution in [0.15, 0.2) is 58.1 Å². The van der Waals surface area contributed by atoms with E-state index in [0.29, 0.717) is 11.5 Å². The van der Waals surface area contributed by atoms with Gasteiger partial charge in [0.05, 0.1) is 11.8 Å². The van der Waals surface area contributed by atoms with E-state index in [1.807, 2.05) is 44.2 Å². The molecule has 1 aliphatic rings. The molecule has 0 bridgehead atoms. The van der Waals surface area contributed by atoms with Crippen molar-refractivity contribution >= 4 is 23.4 Å². The van der Waals surface area contributed by atoms with Gasteiger partial charge in [-0.25, -0.2) is 9.50 Å². The predicted octanol–water partition coefficient (Wildman–Crippen LogP) is 3.51. The lowest BCUT2D eigenvalue weighted by Crippen LogP contribution is -2.13. The van der Waals surface area contributed by atoms with Gasteiger partial charge in [0.25, 0.3) is 0 Å². The molecule has 0 aliphatic carbocycles. The maximum absolute atomic E-state index is 4.48. The Morgan fingerprint density at radius 3 is 2.87 bits per heavy atom. The Kier molecular flexibility index (Phi) is 2.94. The van der Waals surface area contributed by atoms with Gasteiger partial charge in [-0.05, 0) is 19.4 Å². The van der Waals surface area contributed by atoms with Gasteiger partial charge in [-0.2, -0.15) is 15.3 Å². The molecule has 0 atom stereocenters. The van der Waals surface area contributed by atoms with Gasteiger partial charge < -0.3 is 0 Å². The highest BCUT2D eigenvalue weighted by Gasteiger charge is 2.34. The Labute approximate surface area is 132 Å². The van der Waals surface area contributed by atoms with E-state index in [1.54, 1.807) is 23.1 Å². The maximum atomic E-state index is 4.48. The third-order valence-electron chi connectivity index (χ3n) is 3.71. The molecule has 1 aliphatic heterocycles. The molecule has 0 unspecified atom stereocenters. The quantitative estimate of drug-likeness (QED) is 0.594. The molecule has 7 heteroatoms. The average Bonchev–Trinajstić information content (AvgIpc) is 3.12. The molecule has 0 saturated carbocycles. The lowest BCUT2D eigenvalue weighted by atomic mass is 9.96. The lowest BCUT2D eigenvalue weighted by Gasteiger charge is -2.15. The number of fused-ring (bicyclic) bond motifs is 3. The fourth-order valence-corrected chi connectivity index (χ4v) is 2.60. The summed E-state index contributed by atoms with van der Waals surface area (Å²) in [5, 5.41) is 17.3. The minimum Gasteiger partial charge on any atom is -0.258 e. The number of hydrogen-bond donors (Lipinski definition) is 1. The van der Waals surface area contributed by atoms with Crippen molar-refractivity contribution in [3.8, 4) is 0 Å². The van der Waals surface area contributed by atoms with Crippen molar-refractivity contribution in [3.63, 3.8) is 0 Å². The summed E-state index contributed by atoms with van der Waals surface area (Å²) in [6, 6.07) is 9.85. The SMILES string of the molecule is CC1(C)N=Nc2c(N/N=C/c3ccccc3)nn3ccnc3c21. The number of imidazole rings is 1. The first-order chi connectivity index (χ1) is 11.1. The number of anilines is 1. The van der Waals surface area contributed by atoms with E-state index < -0.39 is 5.54 Å². The minimum atomic E-state index is -0.426. The normalized spacial score (nSPS) is 15.4. The molecule has 1 aromatic carbocycles. The van der Waals surface area contributed by atoms with E-state index in [0.717, 1.165) is 16.8 Å². The molecular formula is C16H15N7. The number of nitrogens with one attached hydrogen (secondary N) is 1. The summed E-state index contributed by atoms with van der Waals surface area (Å²) in [6.45, 7) is 4.02. The molecule has 1 N–H and O–H groups in total. The van der Waals surface area contributed by atoms with E-state index in [1.165, 1.54) is 0 Å². The van der Waals surface area contributed by atoms with Crippen molar-refractivity contribution in [2.45, 2.75) is 19.4 Å². The number of hydrogen-bond acceptors (Lipinski definition) is 6. The summed E-state index contributed by atoms with van der Waals surface area (Å²) in [5.41, 5.74) is 5.96. The van der Waals surface area contributed by atoms with Gasteiger partial charge in [0.15, 0.2) is 11.5 Å². The molecule has 0 spiro atoms. The molecule has 114 valence electrons. The highest BCUT2D eigenvalue weighted by atomic mass is 15.4. The molecule has 0 saturated heterocycles.